The molecule has 3 aromatic carbocycles. The van der Waals surface area contributed by atoms with Gasteiger partial charge in [-0.2, -0.15) is 0 Å². The number of phenolic OH excluding ortho intramolecular Hbond substituents is 2. The number of amides is 2. The van der Waals surface area contributed by atoms with Crippen molar-refractivity contribution in [1.82, 2.24) is 10.2 Å². The van der Waals surface area contributed by atoms with E-state index in [0.29, 0.717) is 18.4 Å². The first-order valence-corrected chi connectivity index (χ1v) is 24.4. The molecule has 2 amide bonds. The third kappa shape index (κ3) is 10.9. The van der Waals surface area contributed by atoms with Gasteiger partial charge in [-0.25, -0.2) is 9.59 Å². The number of carboxylic acids is 1. The molecule has 12 atom stereocenters. The number of benzene rings is 3. The van der Waals surface area contributed by atoms with Crippen LogP contribution in [0.2, 0.25) is 0 Å². The van der Waals surface area contributed by atoms with Crippen LogP contribution in [0, 0.1) is 0 Å². The van der Waals surface area contributed by atoms with Crippen LogP contribution in [0.25, 0.3) is 0 Å². The van der Waals surface area contributed by atoms with E-state index in [-0.39, 0.29) is 85.1 Å². The van der Waals surface area contributed by atoms with E-state index < -0.39 is 151 Å². The van der Waals surface area contributed by atoms with Crippen LogP contribution in [0.1, 0.15) is 93.7 Å². The zero-order valence-electron chi connectivity index (χ0n) is 41.2. The number of aromatic hydroxyl groups is 2. The number of Topliss-reactive ketones (excluding diaryl/α,β-unsaturated/α-hetero) is 1. The molecule has 3 heterocycles. The van der Waals surface area contributed by atoms with Gasteiger partial charge >= 0.3 is 12.1 Å². The third-order valence-corrected chi connectivity index (χ3v) is 14.1. The van der Waals surface area contributed by atoms with E-state index in [1.54, 1.807) is 6.92 Å². The first kappa shape index (κ1) is 55.8. The van der Waals surface area contributed by atoms with Crippen LogP contribution in [-0.2, 0) is 51.1 Å². The Kier molecular flexibility index (Phi) is 16.9. The van der Waals surface area contributed by atoms with Crippen LogP contribution in [0.3, 0.4) is 0 Å². The van der Waals surface area contributed by atoms with Crippen molar-refractivity contribution in [3.8, 4) is 23.0 Å². The topological polar surface area (TPSA) is 402 Å². The molecule has 26 nitrogen and oxygen atoms in total. The largest absolute Gasteiger partial charge is 0.507 e. The lowest BCUT2D eigenvalue weighted by molar-refractivity contribution is -0.271. The number of methoxy groups -OCH3 is 1. The lowest BCUT2D eigenvalue weighted by atomic mass is 9.72. The molecule has 0 bridgehead atoms. The van der Waals surface area contributed by atoms with Gasteiger partial charge in [-0.15, -0.1) is 0 Å². The Labute approximate surface area is 432 Å². The number of ketones is 3. The highest BCUT2D eigenvalue weighted by Gasteiger charge is 2.51. The summed E-state index contributed by atoms with van der Waals surface area (Å²) in [6, 6.07) is 7.76. The van der Waals surface area contributed by atoms with E-state index >= 15 is 0 Å². The Bertz CT molecular complexity index is 2740. The summed E-state index contributed by atoms with van der Waals surface area (Å²) in [4.78, 5) is 80.0. The fourth-order valence-corrected chi connectivity index (χ4v) is 10.2. The summed E-state index contributed by atoms with van der Waals surface area (Å²) in [7, 11) is 1.30. The highest BCUT2D eigenvalue weighted by molar-refractivity contribution is 6.31. The van der Waals surface area contributed by atoms with Crippen molar-refractivity contribution in [2.75, 3.05) is 45.3 Å². The Morgan fingerprint density at radius 3 is 2.39 bits per heavy atom. The number of carboxylic acid groups (broad SMARTS) is 1. The molecule has 3 aliphatic heterocycles. The molecule has 13 N–H and O–H groups in total. The van der Waals surface area contributed by atoms with Crippen molar-refractivity contribution in [2.45, 2.75) is 125 Å². The number of aliphatic hydroxyl groups excluding tert-OH is 5. The summed E-state index contributed by atoms with van der Waals surface area (Å²) in [5, 5.41) is 102. The quantitative estimate of drug-likeness (QED) is 0.0418. The van der Waals surface area contributed by atoms with E-state index in [0.717, 1.165) is 0 Å². The standard InChI is InChI=1S/C50H60N4O22/c1-21-38(58)26(16-33(73-21)74-29-18-50(69,30(56)19-55)17-24-35(29)42(62)37-36(40(24)60)39(59)23-5-3-6-28(70-2)34(23)41(37)61)52-12-4-7-32-54(13-14-71-32)49(68)72-20-22-8-9-27(25(15-22)53-31(57)10-11-51)75-48-45(65)43(63)44(64)46(76-48)47(66)67/h3,5-6,8-9,15,21,26,29,32-33,38,43-46,48,52,55,58,60,62-65,69H,4,7,10-14,16-20,51H2,1-2H3,(H,53,57)(H,66,67)/t21?,26?,29?,32?,33?,38?,43?,44-,45+,46-,48?,50-/m0/s1. The van der Waals surface area contributed by atoms with Crippen molar-refractivity contribution in [3.63, 3.8) is 0 Å². The van der Waals surface area contributed by atoms with Gasteiger partial charge in [0.25, 0.3) is 0 Å². The molecule has 8 unspecified atom stereocenters. The monoisotopic (exact) mass is 1070 g/mol. The maximum Gasteiger partial charge on any atom is 0.412 e. The minimum Gasteiger partial charge on any atom is -0.507 e. The number of phenols is 2. The van der Waals surface area contributed by atoms with E-state index in [1.165, 1.54) is 48.4 Å². The summed E-state index contributed by atoms with van der Waals surface area (Å²) < 4.78 is 40.1. The fourth-order valence-electron chi connectivity index (χ4n) is 10.2. The molecule has 3 fully saturated rings. The second-order valence-electron chi connectivity index (χ2n) is 19.0. The minimum absolute atomic E-state index is 0.00388. The van der Waals surface area contributed by atoms with E-state index in [2.05, 4.69) is 10.6 Å². The number of nitrogens with zero attached hydrogens (tertiary/aromatic N) is 1. The fraction of sp³-hybridized carbons (Fsp3) is 0.520. The summed E-state index contributed by atoms with van der Waals surface area (Å²) >= 11 is 0. The second-order valence-corrected chi connectivity index (χ2v) is 19.0. The van der Waals surface area contributed by atoms with Crippen molar-refractivity contribution >= 4 is 41.0 Å². The van der Waals surface area contributed by atoms with Crippen molar-refractivity contribution in [2.24, 2.45) is 5.73 Å². The van der Waals surface area contributed by atoms with Gasteiger partial charge in [0.1, 0.15) is 66.4 Å². The van der Waals surface area contributed by atoms with Crippen LogP contribution in [0.5, 0.6) is 23.0 Å². The molecule has 412 valence electrons. The normalized spacial score (nSPS) is 29.0. The second kappa shape index (κ2) is 23.1. The molecule has 0 saturated carbocycles. The van der Waals surface area contributed by atoms with Gasteiger partial charge in [-0.1, -0.05) is 18.2 Å². The Morgan fingerprint density at radius 2 is 1.68 bits per heavy atom. The average molecular weight is 1070 g/mol. The Hall–Kier alpha value is -6.40. The lowest BCUT2D eigenvalue weighted by Crippen LogP contribution is -2.61. The van der Waals surface area contributed by atoms with Crippen molar-refractivity contribution < 1.29 is 108 Å². The summed E-state index contributed by atoms with van der Waals surface area (Å²) in [6.07, 6.45) is -16.3. The number of rotatable bonds is 18. The molecule has 0 spiro atoms. The molecule has 3 aromatic rings. The van der Waals surface area contributed by atoms with E-state index in [1.807, 2.05) is 0 Å². The minimum atomic E-state index is -2.37. The van der Waals surface area contributed by atoms with Crippen LogP contribution in [0.4, 0.5) is 10.5 Å². The van der Waals surface area contributed by atoms with E-state index in [4.69, 9.17) is 38.9 Å². The van der Waals surface area contributed by atoms with Gasteiger partial charge < -0.3 is 95.5 Å². The molecule has 5 aliphatic rings. The molecule has 0 radical (unpaired) electrons. The smallest absolute Gasteiger partial charge is 0.412 e. The van der Waals surface area contributed by atoms with Gasteiger partial charge in [0.05, 0.1) is 61.0 Å². The maximum atomic E-state index is 14.1. The Morgan fingerprint density at radius 1 is 0.934 bits per heavy atom. The van der Waals surface area contributed by atoms with Crippen LogP contribution in [0.15, 0.2) is 36.4 Å². The zero-order valence-corrected chi connectivity index (χ0v) is 41.2. The van der Waals surface area contributed by atoms with Gasteiger partial charge in [-0.3, -0.25) is 24.1 Å². The number of anilines is 1. The Balaban J connectivity index is 0.901. The summed E-state index contributed by atoms with van der Waals surface area (Å²) in [5.74, 6) is -6.45. The predicted octanol–water partition coefficient (Wildman–Crippen LogP) is -1.03. The molecule has 2 aliphatic carbocycles. The molecule has 3 saturated heterocycles. The number of nitrogens with two attached hydrogens (primary N) is 1. The van der Waals surface area contributed by atoms with Crippen LogP contribution >= 0.6 is 0 Å². The van der Waals surface area contributed by atoms with Gasteiger partial charge in [0.15, 0.2) is 24.0 Å². The molecule has 8 rings (SSSR count). The number of carbonyl (C=O) groups excluding carboxylic acids is 5. The molecule has 0 aromatic heterocycles. The average Bonchev–Trinajstić information content (AvgIpc) is 3.94. The van der Waals surface area contributed by atoms with Crippen LogP contribution in [-0.4, -0.2) is 193 Å². The number of aliphatic carboxylic acids is 1. The number of carbonyl (C=O) groups is 6. The third-order valence-electron chi connectivity index (χ3n) is 14.1. The summed E-state index contributed by atoms with van der Waals surface area (Å²) in [6.45, 7) is 0.814. The number of aliphatic hydroxyl groups is 6. The molecule has 26 heteroatoms. The van der Waals surface area contributed by atoms with Crippen molar-refractivity contribution in [3.05, 3.63) is 75.3 Å². The number of hydrogen-bond donors (Lipinski definition) is 12. The lowest BCUT2D eigenvalue weighted by Gasteiger charge is -2.43. The number of hydrogen-bond acceptors (Lipinski definition) is 23. The van der Waals surface area contributed by atoms with Gasteiger partial charge in [0.2, 0.25) is 18.0 Å². The zero-order chi connectivity index (χ0) is 54.9. The number of nitrogens with one attached hydrogen (secondary N) is 2. The number of ether oxygens (including phenoxy) is 7. The molecular weight excluding hydrogens is 1010 g/mol. The maximum absolute atomic E-state index is 14.1. The molecular formula is C50H60N4O22. The predicted molar refractivity (Wildman–Crippen MR) is 255 cm³/mol. The first-order chi connectivity index (χ1) is 36.2. The van der Waals surface area contributed by atoms with E-state index in [9.17, 15) is 74.7 Å². The molecule has 76 heavy (non-hydrogen) atoms. The summed E-state index contributed by atoms with van der Waals surface area (Å²) in [5.41, 5.74) is 1.75. The first-order valence-electron chi connectivity index (χ1n) is 24.4. The van der Waals surface area contributed by atoms with Crippen molar-refractivity contribution in [1.29, 1.82) is 0 Å². The highest BCUT2D eigenvalue weighted by Crippen LogP contribution is 2.52. The highest BCUT2D eigenvalue weighted by atomic mass is 16.7. The SMILES string of the molecule is COc1cccc2c1C(=O)c1c(O)c3c(c(O)c1C2=O)C[C@@](O)(C(=O)CO)CC3OC1CC(NCCCC2OCCN2C(=O)OCc2ccc(OC3O[C@H](C(=O)O)[C@@H](O)C(O)[C@H]3O)c(NC(=O)CCN)c2)C(O)C(C)O1. The van der Waals surface area contributed by atoms with Crippen LogP contribution < -0.4 is 25.8 Å². The van der Waals surface area contributed by atoms with Gasteiger partial charge in [0, 0.05) is 55.0 Å². The van der Waals surface area contributed by atoms with Gasteiger partial charge in [-0.05, 0) is 50.1 Å². The number of fused-ring (bicyclic) bond motifs is 3.